The van der Waals surface area contributed by atoms with Crippen molar-refractivity contribution >= 4 is 33.3 Å². The molecule has 0 saturated heterocycles. The minimum Gasteiger partial charge on any atom is -0.478 e. The lowest BCUT2D eigenvalue weighted by molar-refractivity contribution is -0.132. The second-order valence-corrected chi connectivity index (χ2v) is 4.75. The number of hydrogen-bond acceptors (Lipinski definition) is 4. The normalized spacial score (nSPS) is 10.4. The van der Waals surface area contributed by atoms with Crippen LogP contribution in [0.3, 0.4) is 0 Å². The molecule has 0 amide bonds. The van der Waals surface area contributed by atoms with Crippen LogP contribution in [0.4, 0.5) is 0 Å². The average Bonchev–Trinajstić information content (AvgIpc) is 2.67. The van der Waals surface area contributed by atoms with E-state index in [1.165, 1.54) is 0 Å². The molecule has 1 aromatic heterocycles. The maximum Gasteiger partial charge on any atom is 0.331 e. The summed E-state index contributed by atoms with van der Waals surface area (Å²) >= 11 is 1.01. The van der Waals surface area contributed by atoms with Gasteiger partial charge in [0.05, 0.1) is 10.2 Å². The number of thiazole rings is 1. The van der Waals surface area contributed by atoms with E-state index in [0.717, 1.165) is 11.3 Å². The number of H-pyrrole nitrogens is 1. The van der Waals surface area contributed by atoms with Crippen molar-refractivity contribution < 1.29 is 14.7 Å². The Bertz CT molecular complexity index is 710. The minimum atomic E-state index is -1.18. The molecule has 0 fully saturated rings. The Labute approximate surface area is 105 Å². The monoisotopic (exact) mass is 263 g/mol. The zero-order valence-electron chi connectivity index (χ0n) is 9.23. The fourth-order valence-electron chi connectivity index (χ4n) is 1.49. The van der Waals surface area contributed by atoms with Gasteiger partial charge in [0.15, 0.2) is 5.78 Å². The lowest BCUT2D eigenvalue weighted by Gasteiger charge is -2.01. The van der Waals surface area contributed by atoms with Crippen LogP contribution in [0.5, 0.6) is 0 Å². The maximum atomic E-state index is 11.8. The number of hydrogen-bond donors (Lipinski definition) is 2. The van der Waals surface area contributed by atoms with Crippen molar-refractivity contribution in [2.24, 2.45) is 0 Å². The van der Waals surface area contributed by atoms with Crippen molar-refractivity contribution in [2.45, 2.75) is 6.42 Å². The Hall–Kier alpha value is -2.21. The highest BCUT2D eigenvalue weighted by atomic mass is 32.1. The molecule has 5 nitrogen and oxygen atoms in total. The molecule has 18 heavy (non-hydrogen) atoms. The quantitative estimate of drug-likeness (QED) is 0.650. The minimum absolute atomic E-state index is 0.151. The number of Topliss-reactive ketones (excluding diaryl/α,β-unsaturated/α-hetero) is 1. The molecule has 6 heteroatoms. The summed E-state index contributed by atoms with van der Waals surface area (Å²) in [6.45, 7) is 3.31. The summed E-state index contributed by atoms with van der Waals surface area (Å²) < 4.78 is 0.673. The molecule has 2 rings (SSSR count). The smallest absolute Gasteiger partial charge is 0.331 e. The van der Waals surface area contributed by atoms with Crippen LogP contribution in [-0.4, -0.2) is 21.8 Å². The molecule has 1 aromatic carbocycles. The first-order valence-corrected chi connectivity index (χ1v) is 5.86. The lowest BCUT2D eigenvalue weighted by Crippen LogP contribution is -2.06. The summed E-state index contributed by atoms with van der Waals surface area (Å²) in [5.74, 6) is -1.51. The number of benzene rings is 1. The second-order valence-electron chi connectivity index (χ2n) is 3.73. The van der Waals surface area contributed by atoms with Gasteiger partial charge in [-0.15, -0.1) is 0 Å². The topological polar surface area (TPSA) is 87.2 Å². The number of carbonyl (C=O) groups excluding carboxylic acids is 1. The second kappa shape index (κ2) is 4.58. The van der Waals surface area contributed by atoms with Crippen LogP contribution < -0.4 is 4.87 Å². The SMILES string of the molecule is C=C(CC(=O)c1ccc2[nH]c(=O)sc2c1)C(=O)O. The highest BCUT2D eigenvalue weighted by molar-refractivity contribution is 7.16. The van der Waals surface area contributed by atoms with Crippen LogP contribution in [-0.2, 0) is 4.79 Å². The number of carboxylic acid groups (broad SMARTS) is 1. The van der Waals surface area contributed by atoms with Crippen molar-refractivity contribution in [2.75, 3.05) is 0 Å². The largest absolute Gasteiger partial charge is 0.478 e. The van der Waals surface area contributed by atoms with Gasteiger partial charge in [0.1, 0.15) is 0 Å². The number of rotatable bonds is 4. The first-order chi connectivity index (χ1) is 8.47. The van der Waals surface area contributed by atoms with Gasteiger partial charge in [-0.3, -0.25) is 9.59 Å². The number of aromatic nitrogens is 1. The van der Waals surface area contributed by atoms with Gasteiger partial charge in [-0.1, -0.05) is 17.9 Å². The summed E-state index contributed by atoms with van der Waals surface area (Å²) in [7, 11) is 0. The molecular weight excluding hydrogens is 254 g/mol. The van der Waals surface area contributed by atoms with E-state index in [1.807, 2.05) is 0 Å². The fourth-order valence-corrected chi connectivity index (χ4v) is 2.27. The number of nitrogens with one attached hydrogen (secondary N) is 1. The standard InChI is InChI=1S/C12H9NO4S/c1-6(11(15)16)4-9(14)7-2-3-8-10(5-7)18-12(17)13-8/h2-3,5H,1,4H2,(H,13,17)(H,15,16). The Kier molecular flexibility index (Phi) is 3.12. The predicted molar refractivity (Wildman–Crippen MR) is 68.2 cm³/mol. The van der Waals surface area contributed by atoms with Crippen molar-refractivity contribution in [1.82, 2.24) is 4.98 Å². The maximum absolute atomic E-state index is 11.8. The van der Waals surface area contributed by atoms with Crippen molar-refractivity contribution in [1.29, 1.82) is 0 Å². The number of carboxylic acids is 1. The van der Waals surface area contributed by atoms with E-state index in [9.17, 15) is 14.4 Å². The molecule has 0 radical (unpaired) electrons. The zero-order chi connectivity index (χ0) is 13.3. The summed E-state index contributed by atoms with van der Waals surface area (Å²) in [6.07, 6.45) is -0.236. The summed E-state index contributed by atoms with van der Waals surface area (Å²) in [6, 6.07) is 4.77. The van der Waals surface area contributed by atoms with Crippen molar-refractivity contribution in [3.05, 3.63) is 45.6 Å². The first-order valence-electron chi connectivity index (χ1n) is 5.04. The molecule has 92 valence electrons. The fraction of sp³-hybridized carbons (Fsp3) is 0.0833. The van der Waals surface area contributed by atoms with Crippen molar-refractivity contribution in [3.63, 3.8) is 0 Å². The van der Waals surface area contributed by atoms with E-state index in [4.69, 9.17) is 5.11 Å². The van der Waals surface area contributed by atoms with Gasteiger partial charge in [-0.2, -0.15) is 0 Å². The lowest BCUT2D eigenvalue weighted by atomic mass is 10.0. The van der Waals surface area contributed by atoms with Gasteiger partial charge < -0.3 is 10.1 Å². The van der Waals surface area contributed by atoms with Crippen LogP contribution >= 0.6 is 11.3 Å². The average molecular weight is 263 g/mol. The van der Waals surface area contributed by atoms with Gasteiger partial charge in [-0.25, -0.2) is 4.79 Å². The molecule has 1 heterocycles. The van der Waals surface area contributed by atoms with Crippen LogP contribution in [0, 0.1) is 0 Å². The summed E-state index contributed by atoms with van der Waals surface area (Å²) in [4.78, 5) is 35.9. The molecule has 2 aromatic rings. The Balaban J connectivity index is 2.30. The number of ketones is 1. The van der Waals surface area contributed by atoms with E-state index >= 15 is 0 Å². The molecule has 0 saturated carbocycles. The van der Waals surface area contributed by atoms with Gasteiger partial charge in [0.2, 0.25) is 0 Å². The highest BCUT2D eigenvalue weighted by Gasteiger charge is 2.13. The molecule has 0 aliphatic rings. The Morgan fingerprint density at radius 2 is 2.11 bits per heavy atom. The van der Waals surface area contributed by atoms with Crippen LogP contribution in [0.1, 0.15) is 16.8 Å². The van der Waals surface area contributed by atoms with Crippen LogP contribution in [0.15, 0.2) is 35.1 Å². The first kappa shape index (κ1) is 12.3. The van der Waals surface area contributed by atoms with E-state index in [2.05, 4.69) is 11.6 Å². The summed E-state index contributed by atoms with van der Waals surface area (Å²) in [5.41, 5.74) is 0.890. The third kappa shape index (κ3) is 2.38. The molecule has 2 N–H and O–H groups in total. The van der Waals surface area contributed by atoms with Gasteiger partial charge in [0.25, 0.3) is 0 Å². The molecular formula is C12H9NO4S. The number of carbonyl (C=O) groups is 2. The molecule has 0 aliphatic carbocycles. The Morgan fingerprint density at radius 1 is 1.39 bits per heavy atom. The van der Waals surface area contributed by atoms with Gasteiger partial charge in [0, 0.05) is 17.6 Å². The molecule has 0 spiro atoms. The number of aliphatic carboxylic acids is 1. The summed E-state index contributed by atoms with van der Waals surface area (Å²) in [5, 5.41) is 8.66. The Morgan fingerprint density at radius 3 is 2.78 bits per heavy atom. The molecule has 0 aliphatic heterocycles. The zero-order valence-corrected chi connectivity index (χ0v) is 10.0. The molecule has 0 bridgehead atoms. The molecule has 0 atom stereocenters. The van der Waals surface area contributed by atoms with Gasteiger partial charge in [-0.05, 0) is 18.2 Å². The van der Waals surface area contributed by atoms with E-state index in [1.54, 1.807) is 18.2 Å². The third-order valence-corrected chi connectivity index (χ3v) is 3.26. The van der Waals surface area contributed by atoms with Crippen LogP contribution in [0.25, 0.3) is 10.2 Å². The highest BCUT2D eigenvalue weighted by Crippen LogP contribution is 2.18. The van der Waals surface area contributed by atoms with Gasteiger partial charge >= 0.3 is 10.8 Å². The predicted octanol–water partition coefficient (Wildman–Crippen LogP) is 1.80. The van der Waals surface area contributed by atoms with E-state index < -0.39 is 5.97 Å². The van der Waals surface area contributed by atoms with Crippen LogP contribution in [0.2, 0.25) is 0 Å². The van der Waals surface area contributed by atoms with Crippen molar-refractivity contribution in [3.8, 4) is 0 Å². The molecule has 0 unspecified atom stereocenters. The number of fused-ring (bicyclic) bond motifs is 1. The number of aromatic amines is 1. The van der Waals surface area contributed by atoms with E-state index in [0.29, 0.717) is 15.8 Å². The third-order valence-electron chi connectivity index (χ3n) is 2.42. The van der Waals surface area contributed by atoms with E-state index in [-0.39, 0.29) is 22.7 Å².